The van der Waals surface area contributed by atoms with Gasteiger partial charge < -0.3 is 18.6 Å². The second kappa shape index (κ2) is 10.2. The Balaban J connectivity index is 4.85. The fourth-order valence-electron chi connectivity index (χ4n) is 1.79. The molecule has 0 aromatic rings. The molecule has 0 aromatic heterocycles. The Labute approximate surface area is 142 Å². The lowest BCUT2D eigenvalue weighted by atomic mass is 10.1. The average Bonchev–Trinajstić information content (AvgIpc) is 2.43. The van der Waals surface area contributed by atoms with Crippen LogP contribution in [0, 0.1) is 0 Å². The van der Waals surface area contributed by atoms with E-state index < -0.39 is 8.32 Å². The smallest absolute Gasteiger partial charge is 0.330 e. The highest BCUT2D eigenvalue weighted by Crippen LogP contribution is 2.38. The van der Waals surface area contributed by atoms with Crippen molar-refractivity contribution in [3.8, 4) is 0 Å². The van der Waals surface area contributed by atoms with Crippen LogP contribution in [0.2, 0.25) is 18.1 Å². The molecule has 5 nitrogen and oxygen atoms in total. The summed E-state index contributed by atoms with van der Waals surface area (Å²) in [4.78, 5) is 11.2. The zero-order chi connectivity index (χ0) is 18.1. The van der Waals surface area contributed by atoms with Gasteiger partial charge in [-0.05, 0) is 37.9 Å². The minimum absolute atomic E-state index is 0.00338. The van der Waals surface area contributed by atoms with Crippen molar-refractivity contribution in [2.75, 3.05) is 21.0 Å². The summed E-state index contributed by atoms with van der Waals surface area (Å²) in [5.74, 6) is -0.347. The van der Waals surface area contributed by atoms with Gasteiger partial charge in [0.2, 0.25) is 0 Å². The Morgan fingerprint density at radius 3 is 2.30 bits per heavy atom. The van der Waals surface area contributed by atoms with Gasteiger partial charge in [-0.2, -0.15) is 0 Å². The van der Waals surface area contributed by atoms with E-state index in [1.807, 2.05) is 13.0 Å². The first-order chi connectivity index (χ1) is 10.5. The third-order valence-electron chi connectivity index (χ3n) is 4.19. The van der Waals surface area contributed by atoms with Crippen LogP contribution >= 0.6 is 0 Å². The molecule has 0 saturated carbocycles. The molecule has 0 aliphatic rings. The Bertz CT molecular complexity index is 374. The molecule has 0 saturated heterocycles. The maximum Gasteiger partial charge on any atom is 0.330 e. The monoisotopic (exact) mass is 346 g/mol. The van der Waals surface area contributed by atoms with E-state index in [0.29, 0.717) is 6.42 Å². The molecule has 0 aliphatic heterocycles. The van der Waals surface area contributed by atoms with Crippen LogP contribution in [-0.4, -0.2) is 47.5 Å². The summed E-state index contributed by atoms with van der Waals surface area (Å²) in [5, 5.41) is 0.133. The lowest BCUT2D eigenvalue weighted by molar-refractivity contribution is -0.134. The van der Waals surface area contributed by atoms with Gasteiger partial charge in [0.05, 0.1) is 19.3 Å². The second-order valence-corrected chi connectivity index (χ2v) is 12.0. The van der Waals surface area contributed by atoms with Crippen LogP contribution in [0.5, 0.6) is 0 Å². The summed E-state index contributed by atoms with van der Waals surface area (Å²) in [7, 11) is 1.09. The van der Waals surface area contributed by atoms with Crippen LogP contribution in [0.25, 0.3) is 0 Å². The van der Waals surface area contributed by atoms with Crippen LogP contribution in [0.15, 0.2) is 12.2 Å². The highest BCUT2D eigenvalue weighted by molar-refractivity contribution is 6.74. The van der Waals surface area contributed by atoms with E-state index in [-0.39, 0.29) is 30.0 Å². The molecule has 0 amide bonds. The van der Waals surface area contributed by atoms with E-state index in [0.717, 1.165) is 6.42 Å². The molecule has 0 heterocycles. The predicted molar refractivity (Wildman–Crippen MR) is 94.9 cm³/mol. The molecule has 0 aromatic carbocycles. The van der Waals surface area contributed by atoms with Gasteiger partial charge in [-0.15, -0.1) is 0 Å². The van der Waals surface area contributed by atoms with Crippen LogP contribution in [-0.2, 0) is 23.4 Å². The third-order valence-corrected chi connectivity index (χ3v) is 8.72. The number of hydrogen-bond acceptors (Lipinski definition) is 5. The van der Waals surface area contributed by atoms with Crippen molar-refractivity contribution in [1.82, 2.24) is 0 Å². The molecule has 0 spiro atoms. The molecule has 0 fully saturated rings. The van der Waals surface area contributed by atoms with Crippen molar-refractivity contribution in [3.05, 3.63) is 12.2 Å². The van der Waals surface area contributed by atoms with Crippen molar-refractivity contribution in [2.45, 2.75) is 70.9 Å². The zero-order valence-corrected chi connectivity index (χ0v) is 17.0. The maximum absolute atomic E-state index is 11.2. The molecule has 0 bridgehead atoms. The van der Waals surface area contributed by atoms with E-state index >= 15 is 0 Å². The fourth-order valence-corrected chi connectivity index (χ4v) is 3.17. The number of methoxy groups -OCH3 is 2. The standard InChI is InChI=1S/C17H34O5Si/c1-14(21-13-19-5)12-15(10-9-11-16(18)20-6)22-23(7,8)17(2,3)4/h9,11,14-15H,10,12-13H2,1-8H3/b11-9+/t14-,15-/m1/s1. The van der Waals surface area contributed by atoms with E-state index in [1.165, 1.54) is 13.2 Å². The maximum atomic E-state index is 11.2. The van der Waals surface area contributed by atoms with E-state index in [9.17, 15) is 4.79 Å². The highest BCUT2D eigenvalue weighted by Gasteiger charge is 2.39. The summed E-state index contributed by atoms with van der Waals surface area (Å²) in [5.41, 5.74) is 0. The van der Waals surface area contributed by atoms with Gasteiger partial charge in [0.1, 0.15) is 6.79 Å². The van der Waals surface area contributed by atoms with Gasteiger partial charge in [0.15, 0.2) is 8.32 Å². The van der Waals surface area contributed by atoms with Crippen LogP contribution < -0.4 is 0 Å². The first-order valence-electron chi connectivity index (χ1n) is 8.06. The summed E-state index contributed by atoms with van der Waals surface area (Å²) >= 11 is 0. The van der Waals surface area contributed by atoms with Crippen LogP contribution in [0.1, 0.15) is 40.5 Å². The first-order valence-corrected chi connectivity index (χ1v) is 11.0. The summed E-state index contributed by atoms with van der Waals surface area (Å²) < 4.78 is 21.6. The lowest BCUT2D eigenvalue weighted by Crippen LogP contribution is -2.44. The topological polar surface area (TPSA) is 54.0 Å². The van der Waals surface area contributed by atoms with Crippen LogP contribution in [0.4, 0.5) is 0 Å². The molecule has 23 heavy (non-hydrogen) atoms. The zero-order valence-electron chi connectivity index (χ0n) is 16.0. The van der Waals surface area contributed by atoms with Gasteiger partial charge in [-0.1, -0.05) is 26.8 Å². The molecule has 0 N–H and O–H groups in total. The van der Waals surface area contributed by atoms with Crippen molar-refractivity contribution in [1.29, 1.82) is 0 Å². The molecule has 0 rings (SSSR count). The molecule has 6 heteroatoms. The van der Waals surface area contributed by atoms with Crippen molar-refractivity contribution in [3.63, 3.8) is 0 Å². The molecule has 2 atom stereocenters. The highest BCUT2D eigenvalue weighted by atomic mass is 28.4. The Morgan fingerprint density at radius 1 is 1.22 bits per heavy atom. The molecule has 0 aliphatic carbocycles. The SMILES string of the molecule is COCO[C@H](C)C[C@@H](C/C=C/C(=O)OC)O[Si](C)(C)C(C)(C)C. The van der Waals surface area contributed by atoms with Gasteiger partial charge >= 0.3 is 5.97 Å². The van der Waals surface area contributed by atoms with E-state index in [2.05, 4.69) is 38.6 Å². The average molecular weight is 347 g/mol. The number of carbonyl (C=O) groups excluding carboxylic acids is 1. The first kappa shape index (κ1) is 22.3. The third kappa shape index (κ3) is 9.25. The van der Waals surface area contributed by atoms with Crippen molar-refractivity contribution >= 4 is 14.3 Å². The molecule has 0 radical (unpaired) electrons. The Kier molecular flexibility index (Phi) is 9.92. The Hall–Kier alpha value is -0.693. The fraction of sp³-hybridized carbons (Fsp3) is 0.824. The Morgan fingerprint density at radius 2 is 1.83 bits per heavy atom. The number of esters is 1. The number of carbonyl (C=O) groups is 1. The minimum atomic E-state index is -1.89. The number of ether oxygens (including phenoxy) is 3. The van der Waals surface area contributed by atoms with Crippen molar-refractivity contribution in [2.24, 2.45) is 0 Å². The van der Waals surface area contributed by atoms with Gasteiger partial charge in [-0.3, -0.25) is 0 Å². The largest absolute Gasteiger partial charge is 0.466 e. The number of hydrogen-bond donors (Lipinski definition) is 0. The van der Waals surface area contributed by atoms with Gasteiger partial charge in [-0.25, -0.2) is 4.79 Å². The predicted octanol–water partition coefficient (Wildman–Crippen LogP) is 3.90. The normalized spacial score (nSPS) is 15.7. The lowest BCUT2D eigenvalue weighted by Gasteiger charge is -2.39. The quantitative estimate of drug-likeness (QED) is 0.260. The number of rotatable bonds is 10. The van der Waals surface area contributed by atoms with Crippen molar-refractivity contribution < 1.29 is 23.4 Å². The molecular formula is C17H34O5Si. The summed E-state index contributed by atoms with van der Waals surface area (Å²) in [6, 6.07) is 0. The molecular weight excluding hydrogens is 312 g/mol. The van der Waals surface area contributed by atoms with Crippen LogP contribution in [0.3, 0.4) is 0 Å². The van der Waals surface area contributed by atoms with Gasteiger partial charge in [0.25, 0.3) is 0 Å². The van der Waals surface area contributed by atoms with E-state index in [1.54, 1.807) is 7.11 Å². The van der Waals surface area contributed by atoms with E-state index in [4.69, 9.17) is 13.9 Å². The second-order valence-electron chi connectivity index (χ2n) is 7.28. The minimum Gasteiger partial charge on any atom is -0.466 e. The van der Waals surface area contributed by atoms with Gasteiger partial charge in [0, 0.05) is 13.2 Å². The molecule has 136 valence electrons. The summed E-state index contributed by atoms with van der Waals surface area (Å²) in [6.45, 7) is 13.4. The molecule has 0 unspecified atom stereocenters. The summed E-state index contributed by atoms with van der Waals surface area (Å²) in [6.07, 6.45) is 4.69.